The Labute approximate surface area is 160 Å². The summed E-state index contributed by atoms with van der Waals surface area (Å²) in [7, 11) is 0. The highest BCUT2D eigenvalue weighted by Gasteiger charge is 2.10. The van der Waals surface area contributed by atoms with Crippen LogP contribution < -0.4 is 4.80 Å². The van der Waals surface area contributed by atoms with Gasteiger partial charge in [0.25, 0.3) is 0 Å². The number of rotatable bonds is 3. The molecule has 4 rings (SSSR count). The van der Waals surface area contributed by atoms with E-state index in [-0.39, 0.29) is 17.0 Å². The summed E-state index contributed by atoms with van der Waals surface area (Å²) in [4.78, 5) is 10.2. The van der Waals surface area contributed by atoms with Gasteiger partial charge < -0.3 is 0 Å². The molecule has 0 saturated carbocycles. The van der Waals surface area contributed by atoms with Crippen LogP contribution in [0.5, 0.6) is 0 Å². The molecule has 0 saturated heterocycles. The summed E-state index contributed by atoms with van der Waals surface area (Å²) in [5, 5.41) is 0. The molecule has 0 unspecified atom stereocenters. The van der Waals surface area contributed by atoms with Crippen molar-refractivity contribution in [2.24, 2.45) is 4.99 Å². The number of benzene rings is 3. The van der Waals surface area contributed by atoms with E-state index in [1.807, 2.05) is 66.7 Å². The van der Waals surface area contributed by atoms with E-state index in [9.17, 15) is 0 Å². The molecule has 0 N–H and O–H groups in total. The molecule has 0 aliphatic heterocycles. The Kier molecular flexibility index (Phi) is 5.58. The highest BCUT2D eigenvalue weighted by atomic mass is 79.9. The Morgan fingerprint density at radius 2 is 1.28 bits per heavy atom. The molecular weight excluding hydrogens is 394 g/mol. The maximum absolute atomic E-state index is 4.77. The Bertz CT molecular complexity index is 933. The molecule has 0 spiro atoms. The lowest BCUT2D eigenvalue weighted by atomic mass is 10.2. The van der Waals surface area contributed by atoms with Gasteiger partial charge >= 0.3 is 0 Å². The van der Waals surface area contributed by atoms with Gasteiger partial charge in [-0.25, -0.2) is 8.95 Å². The Morgan fingerprint density at radius 3 is 1.92 bits per heavy atom. The second-order valence-corrected chi connectivity index (χ2v) is 6.17. The van der Waals surface area contributed by atoms with Crippen molar-refractivity contribution in [2.45, 2.75) is 0 Å². The molecule has 0 radical (unpaired) electrons. The first kappa shape index (κ1) is 17.3. The minimum atomic E-state index is 0. The lowest BCUT2D eigenvalue weighted by Crippen LogP contribution is -1.96. The van der Waals surface area contributed by atoms with E-state index in [1.54, 1.807) is 11.5 Å². The molecule has 0 aliphatic rings. The third-order valence-electron chi connectivity index (χ3n) is 3.57. The van der Waals surface area contributed by atoms with Gasteiger partial charge in [-0.1, -0.05) is 66.7 Å². The van der Waals surface area contributed by atoms with E-state index < -0.39 is 0 Å². The summed E-state index contributed by atoms with van der Waals surface area (Å²) < 4.78 is 2.12. The van der Waals surface area contributed by atoms with Gasteiger partial charge in [-0.05, 0) is 35.8 Å². The molecule has 1 aromatic heterocycles. The van der Waals surface area contributed by atoms with Gasteiger partial charge in [0.2, 0.25) is 4.80 Å². The number of hydrogen-bond acceptors (Lipinski definition) is 3. The first-order valence-corrected chi connectivity index (χ1v) is 8.48. The van der Waals surface area contributed by atoms with Crippen molar-refractivity contribution in [1.82, 2.24) is 8.94 Å². The van der Waals surface area contributed by atoms with Crippen molar-refractivity contribution in [3.8, 4) is 17.1 Å². The van der Waals surface area contributed by atoms with Gasteiger partial charge in [-0.3, -0.25) is 0 Å². The summed E-state index contributed by atoms with van der Waals surface area (Å²) in [5.41, 5.74) is 3.07. The minimum absolute atomic E-state index is 0. The van der Waals surface area contributed by atoms with Crippen LogP contribution in [0.25, 0.3) is 17.1 Å². The fourth-order valence-electron chi connectivity index (χ4n) is 2.45. The smallest absolute Gasteiger partial charge is 0.228 e. The lowest BCUT2D eigenvalue weighted by molar-refractivity contribution is 1.12. The molecule has 0 bridgehead atoms. The second-order valence-electron chi connectivity index (χ2n) is 5.25. The van der Waals surface area contributed by atoms with E-state index in [0.717, 1.165) is 27.6 Å². The summed E-state index contributed by atoms with van der Waals surface area (Å²) >= 11 is 1.54. The van der Waals surface area contributed by atoms with Crippen molar-refractivity contribution in [3.05, 3.63) is 95.8 Å². The predicted molar refractivity (Wildman–Crippen MR) is 109 cm³/mol. The molecule has 3 nitrogen and oxygen atoms in total. The van der Waals surface area contributed by atoms with Crippen molar-refractivity contribution < 1.29 is 0 Å². The van der Waals surface area contributed by atoms with E-state index in [2.05, 4.69) is 33.2 Å². The monoisotopic (exact) mass is 409 g/mol. The number of aromatic nitrogens is 2. The molecule has 1 heterocycles. The molecule has 0 fully saturated rings. The van der Waals surface area contributed by atoms with E-state index in [0.29, 0.717) is 0 Å². The van der Waals surface area contributed by atoms with Crippen LogP contribution in [0.3, 0.4) is 0 Å². The summed E-state index contributed by atoms with van der Waals surface area (Å²) in [6.07, 6.45) is 0. The average Bonchev–Trinajstić information content (AvgIpc) is 3.08. The Hall–Kier alpha value is -2.50. The second kappa shape index (κ2) is 8.05. The van der Waals surface area contributed by atoms with Crippen LogP contribution in [0.2, 0.25) is 0 Å². The zero-order valence-corrected chi connectivity index (χ0v) is 15.8. The first-order chi connectivity index (χ1) is 11.9. The Morgan fingerprint density at radius 1 is 0.720 bits per heavy atom. The van der Waals surface area contributed by atoms with Gasteiger partial charge in [-0.2, -0.15) is 4.98 Å². The third kappa shape index (κ3) is 3.95. The maximum atomic E-state index is 4.77. The molecule has 0 aliphatic carbocycles. The fraction of sp³-hybridized carbons (Fsp3) is 0. The molecule has 4 aromatic rings. The van der Waals surface area contributed by atoms with Crippen molar-refractivity contribution in [2.75, 3.05) is 0 Å². The molecule has 0 amide bonds. The lowest BCUT2D eigenvalue weighted by Gasteiger charge is -2.05. The zero-order chi connectivity index (χ0) is 16.2. The molecule has 25 heavy (non-hydrogen) atoms. The van der Waals surface area contributed by atoms with Gasteiger partial charge in [0.15, 0.2) is 5.82 Å². The summed E-state index contributed by atoms with van der Waals surface area (Å²) in [6.45, 7) is 0. The topological polar surface area (TPSA) is 30.2 Å². The SMILES string of the molecule is Br.c1ccc(N=c2nc(-c3ccccc3)n(-c3ccccc3)s2)cc1. The maximum Gasteiger partial charge on any atom is 0.228 e. The zero-order valence-electron chi connectivity index (χ0n) is 13.3. The van der Waals surface area contributed by atoms with Crippen molar-refractivity contribution in [3.63, 3.8) is 0 Å². The van der Waals surface area contributed by atoms with Crippen LogP contribution in [0.1, 0.15) is 0 Å². The van der Waals surface area contributed by atoms with Gasteiger partial charge in [0, 0.05) is 5.56 Å². The van der Waals surface area contributed by atoms with Crippen LogP contribution in [0, 0.1) is 0 Å². The fourth-order valence-corrected chi connectivity index (χ4v) is 3.34. The molecule has 124 valence electrons. The number of nitrogens with zero attached hydrogens (tertiary/aromatic N) is 3. The van der Waals surface area contributed by atoms with Gasteiger partial charge in [-0.15, -0.1) is 17.0 Å². The normalized spacial score (nSPS) is 11.1. The predicted octanol–water partition coefficient (Wildman–Crippen LogP) is 5.41. The average molecular weight is 410 g/mol. The standard InChI is InChI=1S/C20H15N3S.BrH/c1-4-10-16(11-5-1)19-22-20(21-17-12-6-2-7-13-17)24-23(19)18-14-8-3-9-15-18;/h1-15H;1H. The van der Waals surface area contributed by atoms with E-state index >= 15 is 0 Å². The summed E-state index contributed by atoms with van der Waals surface area (Å²) in [6, 6.07) is 30.4. The molecule has 5 heteroatoms. The van der Waals surface area contributed by atoms with Crippen LogP contribution in [0.15, 0.2) is 96.0 Å². The minimum Gasteiger partial charge on any atom is -0.246 e. The van der Waals surface area contributed by atoms with E-state index in [1.165, 1.54) is 0 Å². The van der Waals surface area contributed by atoms with Crippen molar-refractivity contribution >= 4 is 34.2 Å². The highest BCUT2D eigenvalue weighted by molar-refractivity contribution is 8.93. The van der Waals surface area contributed by atoms with Crippen LogP contribution >= 0.6 is 28.5 Å². The highest BCUT2D eigenvalue weighted by Crippen LogP contribution is 2.22. The first-order valence-electron chi connectivity index (χ1n) is 7.71. The third-order valence-corrected chi connectivity index (χ3v) is 4.48. The van der Waals surface area contributed by atoms with E-state index in [4.69, 9.17) is 4.98 Å². The van der Waals surface area contributed by atoms with Gasteiger partial charge in [0.1, 0.15) is 0 Å². The number of para-hydroxylation sites is 2. The molecular formula is C20H16BrN3S. The number of hydrogen-bond donors (Lipinski definition) is 0. The quantitative estimate of drug-likeness (QED) is 0.444. The van der Waals surface area contributed by atoms with Gasteiger partial charge in [0.05, 0.1) is 11.4 Å². The van der Waals surface area contributed by atoms with Crippen LogP contribution in [-0.4, -0.2) is 8.94 Å². The van der Waals surface area contributed by atoms with Crippen LogP contribution in [0.4, 0.5) is 5.69 Å². The molecule has 3 aromatic carbocycles. The summed E-state index contributed by atoms with van der Waals surface area (Å²) in [5.74, 6) is 0.904. The Balaban J connectivity index is 0.00000182. The largest absolute Gasteiger partial charge is 0.246 e. The van der Waals surface area contributed by atoms with Crippen molar-refractivity contribution in [1.29, 1.82) is 0 Å². The number of halogens is 1. The van der Waals surface area contributed by atoms with Crippen LogP contribution in [-0.2, 0) is 0 Å². The molecule has 0 atom stereocenters.